The van der Waals surface area contributed by atoms with Gasteiger partial charge in [-0.2, -0.15) is 0 Å². The van der Waals surface area contributed by atoms with Crippen molar-refractivity contribution in [1.29, 1.82) is 0 Å². The number of ether oxygens (including phenoxy) is 2. The third kappa shape index (κ3) is 5.11. The fourth-order valence-electron chi connectivity index (χ4n) is 3.53. The van der Waals surface area contributed by atoms with Gasteiger partial charge in [0, 0.05) is 19.1 Å². The quantitative estimate of drug-likeness (QED) is 0.862. The zero-order valence-electron chi connectivity index (χ0n) is 16.0. The average molecular weight is 352 g/mol. The van der Waals surface area contributed by atoms with Gasteiger partial charge >= 0.3 is 0 Å². The lowest BCUT2D eigenvalue weighted by atomic mass is 9.82. The van der Waals surface area contributed by atoms with Crippen molar-refractivity contribution >= 4 is 0 Å². The number of methoxy groups -OCH3 is 2. The van der Waals surface area contributed by atoms with Crippen LogP contribution in [0, 0.1) is 11.8 Å². The second kappa shape index (κ2) is 9.44. The molecule has 4 nitrogen and oxygen atoms in total. The summed E-state index contributed by atoms with van der Waals surface area (Å²) in [5.41, 5.74) is 2.62. The van der Waals surface area contributed by atoms with Gasteiger partial charge in [-0.25, -0.2) is 0 Å². The molecule has 1 aromatic carbocycles. The van der Waals surface area contributed by atoms with E-state index in [1.165, 1.54) is 11.1 Å². The van der Waals surface area contributed by atoms with Crippen LogP contribution in [-0.2, 0) is 6.42 Å². The van der Waals surface area contributed by atoms with Gasteiger partial charge in [0.2, 0.25) is 0 Å². The Kier molecular flexibility index (Phi) is 8.23. The van der Waals surface area contributed by atoms with E-state index in [1.54, 1.807) is 14.2 Å². The highest BCUT2D eigenvalue weighted by Gasteiger charge is 2.36. The van der Waals surface area contributed by atoms with Crippen molar-refractivity contribution < 1.29 is 14.6 Å². The van der Waals surface area contributed by atoms with E-state index in [-0.39, 0.29) is 13.5 Å². The van der Waals surface area contributed by atoms with E-state index in [1.807, 2.05) is 0 Å². The molecule has 0 saturated carbocycles. The van der Waals surface area contributed by atoms with Gasteiger partial charge in [0.1, 0.15) is 0 Å². The van der Waals surface area contributed by atoms with Crippen LogP contribution in [-0.4, -0.2) is 43.4 Å². The molecule has 2 aliphatic rings. The Morgan fingerprint density at radius 3 is 2.24 bits per heavy atom. The van der Waals surface area contributed by atoms with E-state index in [2.05, 4.69) is 44.7 Å². The van der Waals surface area contributed by atoms with Gasteiger partial charge in [-0.15, -0.1) is 0 Å². The fraction of sp³-hybridized carbons (Fsp3) is 0.714. The maximum Gasteiger partial charge on any atom is 0.161 e. The second-order valence-corrected chi connectivity index (χ2v) is 7.68. The van der Waals surface area contributed by atoms with Crippen LogP contribution in [0.25, 0.3) is 0 Å². The van der Waals surface area contributed by atoms with Crippen LogP contribution in [0.3, 0.4) is 0 Å². The molecule has 144 valence electrons. The summed E-state index contributed by atoms with van der Waals surface area (Å²) in [7, 11) is 3.34. The van der Waals surface area contributed by atoms with Gasteiger partial charge in [0.15, 0.2) is 11.5 Å². The summed E-state index contributed by atoms with van der Waals surface area (Å²) >= 11 is 0. The molecule has 0 amide bonds. The maximum absolute atomic E-state index is 10.2. The number of hydrogen-bond donors (Lipinski definition) is 1. The molecule has 1 aromatic rings. The Morgan fingerprint density at radius 1 is 1.12 bits per heavy atom. The van der Waals surface area contributed by atoms with Crippen molar-refractivity contribution in [3.05, 3.63) is 23.3 Å². The highest BCUT2D eigenvalue weighted by atomic mass is 16.5. The van der Waals surface area contributed by atoms with Gasteiger partial charge in [-0.1, -0.05) is 35.1 Å². The Morgan fingerprint density at radius 2 is 1.68 bits per heavy atom. The maximum atomic E-state index is 10.2. The van der Waals surface area contributed by atoms with Crippen molar-refractivity contribution in [2.45, 2.75) is 60.1 Å². The minimum atomic E-state index is -0.213. The Hall–Kier alpha value is -1.26. The lowest BCUT2D eigenvalue weighted by molar-refractivity contribution is -0.00493. The van der Waals surface area contributed by atoms with Crippen LogP contribution in [0.1, 0.15) is 58.7 Å². The minimum absolute atomic E-state index is 0. The van der Waals surface area contributed by atoms with Crippen LogP contribution in [0.2, 0.25) is 0 Å². The van der Waals surface area contributed by atoms with E-state index in [0.29, 0.717) is 12.0 Å². The molecule has 1 saturated heterocycles. The van der Waals surface area contributed by atoms with Crippen molar-refractivity contribution in [2.75, 3.05) is 27.3 Å². The molecule has 3 atom stereocenters. The number of fused-ring (bicyclic) bond motifs is 3. The predicted molar refractivity (Wildman–Crippen MR) is 105 cm³/mol. The molecule has 25 heavy (non-hydrogen) atoms. The van der Waals surface area contributed by atoms with Crippen LogP contribution < -0.4 is 9.47 Å². The second-order valence-electron chi connectivity index (χ2n) is 7.68. The number of nitrogens with zero attached hydrogens (tertiary/aromatic N) is 1. The highest BCUT2D eigenvalue weighted by molar-refractivity contribution is 5.49. The molecule has 0 aromatic heterocycles. The highest BCUT2D eigenvalue weighted by Crippen LogP contribution is 2.42. The molecule has 3 unspecified atom stereocenters. The van der Waals surface area contributed by atoms with Crippen LogP contribution in [0.15, 0.2) is 12.1 Å². The molecule has 0 bridgehead atoms. The molecule has 3 rings (SSSR count). The van der Waals surface area contributed by atoms with E-state index < -0.39 is 0 Å². The van der Waals surface area contributed by atoms with Gasteiger partial charge < -0.3 is 14.6 Å². The van der Waals surface area contributed by atoms with Crippen molar-refractivity contribution in [1.82, 2.24) is 4.90 Å². The third-order valence-electron chi connectivity index (χ3n) is 4.76. The lowest BCUT2D eigenvalue weighted by Crippen LogP contribution is -2.47. The van der Waals surface area contributed by atoms with E-state index in [9.17, 15) is 5.11 Å². The monoisotopic (exact) mass is 351 g/mol. The van der Waals surface area contributed by atoms with Crippen LogP contribution in [0.5, 0.6) is 11.5 Å². The Balaban J connectivity index is 0.000000568. The van der Waals surface area contributed by atoms with Crippen LogP contribution >= 0.6 is 0 Å². The normalized spacial score (nSPS) is 25.0. The molecule has 0 aliphatic carbocycles. The predicted octanol–water partition coefficient (Wildman–Crippen LogP) is 4.30. The summed E-state index contributed by atoms with van der Waals surface area (Å²) in [6.07, 6.45) is 1.63. The number of aliphatic hydroxyl groups is 1. The number of rotatable bonds is 2. The van der Waals surface area contributed by atoms with E-state index in [4.69, 9.17) is 9.47 Å². The summed E-state index contributed by atoms with van der Waals surface area (Å²) in [4.78, 5) is 2.49. The first-order chi connectivity index (χ1) is 11.4. The van der Waals surface area contributed by atoms with Gasteiger partial charge in [-0.3, -0.25) is 4.90 Å². The number of hydrogen-bond acceptors (Lipinski definition) is 4. The number of piperidine rings is 1. The smallest absolute Gasteiger partial charge is 0.161 e. The molecular weight excluding hydrogens is 314 g/mol. The van der Waals surface area contributed by atoms with Gasteiger partial charge in [0.05, 0.1) is 20.3 Å². The SMILES string of the molecule is C.CC(C)C.COc1cc2c(cc1OC)C1CC(O)C(C)CN1CC2. The van der Waals surface area contributed by atoms with E-state index in [0.717, 1.165) is 43.3 Å². The zero-order chi connectivity index (χ0) is 17.9. The summed E-state index contributed by atoms with van der Waals surface area (Å²) < 4.78 is 10.8. The average Bonchev–Trinajstić information content (AvgIpc) is 2.54. The van der Waals surface area contributed by atoms with E-state index >= 15 is 0 Å². The number of benzene rings is 1. The van der Waals surface area contributed by atoms with Crippen molar-refractivity contribution in [3.63, 3.8) is 0 Å². The largest absolute Gasteiger partial charge is 0.493 e. The lowest BCUT2D eigenvalue weighted by Gasteiger charge is -2.45. The molecule has 1 fully saturated rings. The van der Waals surface area contributed by atoms with Gasteiger partial charge in [0.25, 0.3) is 0 Å². The van der Waals surface area contributed by atoms with Crippen molar-refractivity contribution in [3.8, 4) is 11.5 Å². The fourth-order valence-corrected chi connectivity index (χ4v) is 3.53. The summed E-state index contributed by atoms with van der Waals surface area (Å²) in [5.74, 6) is 2.76. The first-order valence-electron chi connectivity index (χ1n) is 9.04. The molecule has 2 heterocycles. The van der Waals surface area contributed by atoms with Crippen molar-refractivity contribution in [2.24, 2.45) is 11.8 Å². The zero-order valence-corrected chi connectivity index (χ0v) is 16.0. The first kappa shape index (κ1) is 21.8. The molecular formula is C21H37NO3. The molecule has 1 N–H and O–H groups in total. The van der Waals surface area contributed by atoms with Gasteiger partial charge in [-0.05, 0) is 47.9 Å². The first-order valence-corrected chi connectivity index (χ1v) is 9.04. The summed E-state index contributed by atoms with van der Waals surface area (Å²) in [5, 5.41) is 10.2. The molecule has 0 spiro atoms. The van der Waals surface area contributed by atoms with Crippen LogP contribution in [0.4, 0.5) is 0 Å². The third-order valence-corrected chi connectivity index (χ3v) is 4.76. The Bertz CT molecular complexity index is 541. The summed E-state index contributed by atoms with van der Waals surface area (Å²) in [6, 6.07) is 4.49. The molecule has 4 heteroatoms. The summed E-state index contributed by atoms with van der Waals surface area (Å²) in [6.45, 7) is 10.7. The number of aliphatic hydroxyl groups excluding tert-OH is 1. The minimum Gasteiger partial charge on any atom is -0.493 e. The Labute approximate surface area is 154 Å². The molecule has 0 radical (unpaired) electrons. The molecule has 2 aliphatic heterocycles. The standard InChI is InChI=1S/C16H23NO3.C4H10.CH4/c1-10-9-17-5-4-11-6-15(19-2)16(20-3)7-12(11)13(17)8-14(10)18;1-4(2)3;/h6-7,10,13-14,18H,4-5,8-9H2,1-3H3;4H,1-3H3;1H4. The topological polar surface area (TPSA) is 41.9 Å².